The maximum absolute atomic E-state index is 14.8. The Bertz CT molecular complexity index is 1250. The zero-order chi connectivity index (χ0) is 21.7. The first-order chi connectivity index (χ1) is 14.9. The van der Waals surface area contributed by atoms with Gasteiger partial charge in [0, 0.05) is 42.5 Å². The summed E-state index contributed by atoms with van der Waals surface area (Å²) >= 11 is 0. The van der Waals surface area contributed by atoms with Gasteiger partial charge in [-0.05, 0) is 56.7 Å². The zero-order valence-corrected chi connectivity index (χ0v) is 17.7. The van der Waals surface area contributed by atoms with Gasteiger partial charge in [-0.3, -0.25) is 4.90 Å². The van der Waals surface area contributed by atoms with E-state index in [9.17, 15) is 9.50 Å². The summed E-state index contributed by atoms with van der Waals surface area (Å²) in [7, 11) is 0. The molecule has 1 N–H and O–H groups in total. The van der Waals surface area contributed by atoms with Gasteiger partial charge in [-0.2, -0.15) is 10.2 Å². The van der Waals surface area contributed by atoms with Gasteiger partial charge in [0.1, 0.15) is 5.75 Å². The van der Waals surface area contributed by atoms with Crippen LogP contribution in [0.15, 0.2) is 54.9 Å². The number of aromatic hydroxyl groups is 1. The van der Waals surface area contributed by atoms with Crippen molar-refractivity contribution in [3.63, 3.8) is 0 Å². The Morgan fingerprint density at radius 3 is 2.61 bits per heavy atom. The molecule has 1 saturated heterocycles. The highest BCUT2D eigenvalue weighted by Crippen LogP contribution is 2.46. The molecule has 5 rings (SSSR count). The lowest BCUT2D eigenvalue weighted by Crippen LogP contribution is -2.51. The van der Waals surface area contributed by atoms with Crippen LogP contribution in [0.25, 0.3) is 16.9 Å². The van der Waals surface area contributed by atoms with E-state index in [-0.39, 0.29) is 23.5 Å². The van der Waals surface area contributed by atoms with Gasteiger partial charge in [0.25, 0.3) is 0 Å². The fourth-order valence-electron chi connectivity index (χ4n) is 4.48. The molecule has 4 heterocycles. The second-order valence-electron chi connectivity index (χ2n) is 8.44. The molecular formula is C24H24FN5O. The van der Waals surface area contributed by atoms with Crippen LogP contribution in [0.4, 0.5) is 4.39 Å². The summed E-state index contributed by atoms with van der Waals surface area (Å²) in [5, 5.41) is 18.9. The first-order valence-corrected chi connectivity index (χ1v) is 10.4. The lowest BCUT2D eigenvalue weighted by Gasteiger charge is -2.50. The number of benzene rings is 1. The third-order valence-electron chi connectivity index (χ3n) is 6.04. The Kier molecular flexibility index (Phi) is 4.70. The smallest absolute Gasteiger partial charge is 0.173 e. The van der Waals surface area contributed by atoms with Crippen molar-refractivity contribution < 1.29 is 9.50 Å². The van der Waals surface area contributed by atoms with E-state index < -0.39 is 0 Å². The number of phenolic OH excluding ortho intramolecular Hbond substituents is 1. The molecule has 158 valence electrons. The number of likely N-dealkylation sites (tertiary alicyclic amines) is 1. The highest BCUT2D eigenvalue weighted by atomic mass is 19.1. The van der Waals surface area contributed by atoms with Crippen LogP contribution in [-0.2, 0) is 0 Å². The molecule has 1 aromatic carbocycles. The molecule has 7 heteroatoms. The molecule has 6 nitrogen and oxygen atoms in total. The number of pyridine rings is 1. The Hall–Kier alpha value is -3.32. The van der Waals surface area contributed by atoms with Crippen molar-refractivity contribution in [2.24, 2.45) is 0 Å². The number of hydrogen-bond acceptors (Lipinski definition) is 5. The van der Waals surface area contributed by atoms with E-state index in [0.29, 0.717) is 22.9 Å². The van der Waals surface area contributed by atoms with Crippen molar-refractivity contribution in [3.05, 3.63) is 77.6 Å². The average Bonchev–Trinajstić information content (AvgIpc) is 3.09. The quantitative estimate of drug-likeness (QED) is 0.530. The van der Waals surface area contributed by atoms with Crippen LogP contribution in [-0.4, -0.2) is 42.2 Å². The third-order valence-corrected chi connectivity index (χ3v) is 6.04. The summed E-state index contributed by atoms with van der Waals surface area (Å²) in [4.78, 5) is 6.61. The molecule has 31 heavy (non-hydrogen) atoms. The van der Waals surface area contributed by atoms with Gasteiger partial charge < -0.3 is 9.51 Å². The number of phenols is 1. The van der Waals surface area contributed by atoms with E-state index in [1.807, 2.05) is 43.6 Å². The molecule has 0 radical (unpaired) electrons. The Morgan fingerprint density at radius 2 is 1.90 bits per heavy atom. The van der Waals surface area contributed by atoms with Crippen molar-refractivity contribution in [2.45, 2.75) is 38.8 Å². The molecule has 1 aliphatic rings. The summed E-state index contributed by atoms with van der Waals surface area (Å²) < 4.78 is 16.5. The highest BCUT2D eigenvalue weighted by molar-refractivity contribution is 5.66. The number of fused-ring (bicyclic) bond motifs is 1. The van der Waals surface area contributed by atoms with Crippen LogP contribution in [0.5, 0.6) is 5.75 Å². The van der Waals surface area contributed by atoms with Crippen LogP contribution in [0.2, 0.25) is 0 Å². The number of halogens is 1. The molecule has 1 aliphatic heterocycles. The van der Waals surface area contributed by atoms with E-state index in [1.54, 1.807) is 22.6 Å². The molecule has 3 aromatic heterocycles. The second-order valence-corrected chi connectivity index (χ2v) is 8.44. The van der Waals surface area contributed by atoms with Gasteiger partial charge in [0.2, 0.25) is 0 Å². The fourth-order valence-corrected chi connectivity index (χ4v) is 4.48. The molecule has 0 spiro atoms. The number of imidazole rings is 1. The summed E-state index contributed by atoms with van der Waals surface area (Å²) in [6.07, 6.45) is 3.81. The van der Waals surface area contributed by atoms with Crippen LogP contribution in [0.3, 0.4) is 0 Å². The number of rotatable bonds is 4. The molecule has 4 aromatic rings. The zero-order valence-electron chi connectivity index (χ0n) is 17.7. The monoisotopic (exact) mass is 417 g/mol. The second kappa shape index (κ2) is 7.42. The minimum Gasteiger partial charge on any atom is -0.507 e. The molecule has 0 amide bonds. The number of hydrogen-bond donors (Lipinski definition) is 1. The minimum absolute atomic E-state index is 0.00637. The van der Waals surface area contributed by atoms with E-state index in [4.69, 9.17) is 0 Å². The van der Waals surface area contributed by atoms with Gasteiger partial charge in [-0.25, -0.2) is 9.37 Å². The first-order valence-electron chi connectivity index (χ1n) is 10.4. The van der Waals surface area contributed by atoms with E-state index in [0.717, 1.165) is 23.5 Å². The maximum atomic E-state index is 14.8. The number of para-hydroxylation sites is 1. The molecular weight excluding hydrogens is 393 g/mol. The summed E-state index contributed by atoms with van der Waals surface area (Å²) in [6, 6.07) is 12.8. The fraction of sp³-hybridized carbons (Fsp3) is 0.292. The predicted molar refractivity (Wildman–Crippen MR) is 116 cm³/mol. The number of aryl methyl sites for hydroxylation is 1. The van der Waals surface area contributed by atoms with Crippen molar-refractivity contribution in [1.29, 1.82) is 0 Å². The van der Waals surface area contributed by atoms with Gasteiger partial charge in [0.15, 0.2) is 11.5 Å². The lowest BCUT2D eigenvalue weighted by atomic mass is 9.80. The van der Waals surface area contributed by atoms with Crippen LogP contribution >= 0.6 is 0 Å². The maximum Gasteiger partial charge on any atom is 0.173 e. The summed E-state index contributed by atoms with van der Waals surface area (Å²) in [5.74, 6) is -0.0350. The normalized spacial score (nSPS) is 19.1. The van der Waals surface area contributed by atoms with Gasteiger partial charge in [0.05, 0.1) is 17.1 Å². The van der Waals surface area contributed by atoms with Crippen LogP contribution in [0.1, 0.15) is 42.8 Å². The summed E-state index contributed by atoms with van der Waals surface area (Å²) in [6.45, 7) is 6.98. The third kappa shape index (κ3) is 3.35. The van der Waals surface area contributed by atoms with Gasteiger partial charge >= 0.3 is 0 Å². The highest BCUT2D eigenvalue weighted by Gasteiger charge is 2.43. The number of nitrogens with zero attached hydrogens (tertiary/aromatic N) is 5. The first kappa shape index (κ1) is 19.6. The Morgan fingerprint density at radius 1 is 1.10 bits per heavy atom. The standard InChI is InChI=1S/C24H24FN5O/c1-14(2)30-13-18(21-9-8-20(27-28-21)17-6-4-5-7-22(17)31)23(30)16-10-19(25)24-26-15(3)11-29(24)12-16/h4-12,14,18,23,31H,13H2,1-3H3. The van der Waals surface area contributed by atoms with Gasteiger partial charge in [-0.1, -0.05) is 12.1 Å². The lowest BCUT2D eigenvalue weighted by molar-refractivity contribution is 0.0248. The van der Waals surface area contributed by atoms with E-state index in [2.05, 4.69) is 33.9 Å². The molecule has 2 atom stereocenters. The Balaban J connectivity index is 1.50. The van der Waals surface area contributed by atoms with Crippen LogP contribution < -0.4 is 0 Å². The minimum atomic E-state index is -0.319. The van der Waals surface area contributed by atoms with E-state index in [1.165, 1.54) is 0 Å². The van der Waals surface area contributed by atoms with Crippen molar-refractivity contribution in [1.82, 2.24) is 24.5 Å². The van der Waals surface area contributed by atoms with Gasteiger partial charge in [-0.15, -0.1) is 0 Å². The van der Waals surface area contributed by atoms with Crippen molar-refractivity contribution in [3.8, 4) is 17.0 Å². The van der Waals surface area contributed by atoms with Crippen LogP contribution in [0, 0.1) is 12.7 Å². The molecule has 0 aliphatic carbocycles. The largest absolute Gasteiger partial charge is 0.507 e. The predicted octanol–water partition coefficient (Wildman–Crippen LogP) is 4.49. The SMILES string of the molecule is Cc1cn2cc(C3C(c4ccc(-c5ccccc5O)nn4)CN3C(C)C)cc(F)c2n1. The molecule has 1 fully saturated rings. The average molecular weight is 417 g/mol. The molecule has 2 unspecified atom stereocenters. The summed E-state index contributed by atoms with van der Waals surface area (Å²) in [5.41, 5.74) is 4.17. The topological polar surface area (TPSA) is 66.6 Å². The van der Waals surface area contributed by atoms with Crippen molar-refractivity contribution >= 4 is 5.65 Å². The van der Waals surface area contributed by atoms with E-state index >= 15 is 0 Å². The molecule has 0 bridgehead atoms. The van der Waals surface area contributed by atoms with Crippen molar-refractivity contribution in [2.75, 3.05) is 6.54 Å². The molecule has 0 saturated carbocycles. The Labute approximate surface area is 180 Å². The number of aromatic nitrogens is 4.